The highest BCUT2D eigenvalue weighted by atomic mass is 32.2. The van der Waals surface area contributed by atoms with E-state index in [1.165, 1.54) is 29.2 Å². The Morgan fingerprint density at radius 1 is 0.939 bits per heavy atom. The summed E-state index contributed by atoms with van der Waals surface area (Å²) in [6, 6.07) is 9.68. The summed E-state index contributed by atoms with van der Waals surface area (Å²) < 4.78 is 40.7. The Labute approximate surface area is 191 Å². The molecule has 33 heavy (non-hydrogen) atoms. The van der Waals surface area contributed by atoms with E-state index in [0.29, 0.717) is 5.69 Å². The van der Waals surface area contributed by atoms with E-state index >= 15 is 0 Å². The molecule has 0 unspecified atom stereocenters. The lowest BCUT2D eigenvalue weighted by atomic mass is 10.1. The zero-order valence-electron chi connectivity index (χ0n) is 18.0. The number of nitro benzene ring substituents is 1. The van der Waals surface area contributed by atoms with Gasteiger partial charge in [0, 0.05) is 50.9 Å². The van der Waals surface area contributed by atoms with Crippen LogP contribution in [-0.2, 0) is 10.0 Å². The van der Waals surface area contributed by atoms with Crippen LogP contribution in [0.3, 0.4) is 0 Å². The van der Waals surface area contributed by atoms with Gasteiger partial charge in [0.2, 0.25) is 10.0 Å². The predicted molar refractivity (Wildman–Crippen MR) is 120 cm³/mol. The third-order valence-corrected chi connectivity index (χ3v) is 8.03. The molecule has 0 saturated carbocycles. The Morgan fingerprint density at radius 3 is 2.24 bits per heavy atom. The van der Waals surface area contributed by atoms with Gasteiger partial charge < -0.3 is 9.80 Å². The smallest absolute Gasteiger partial charge is 0.293 e. The van der Waals surface area contributed by atoms with E-state index in [1.807, 2.05) is 4.90 Å². The molecule has 4 rings (SSSR count). The first-order chi connectivity index (χ1) is 15.8. The summed E-state index contributed by atoms with van der Waals surface area (Å²) in [6.45, 7) is 1.72. The number of nitrogens with zero attached hydrogens (tertiary/aromatic N) is 4. The van der Waals surface area contributed by atoms with Gasteiger partial charge in [-0.1, -0.05) is 12.1 Å². The van der Waals surface area contributed by atoms with Gasteiger partial charge in [0.15, 0.2) is 0 Å². The summed E-state index contributed by atoms with van der Waals surface area (Å²) in [5, 5.41) is 11.7. The first-order valence-electron chi connectivity index (χ1n) is 10.9. The van der Waals surface area contributed by atoms with E-state index in [-0.39, 0.29) is 37.4 Å². The van der Waals surface area contributed by atoms with Crippen LogP contribution in [-0.4, -0.2) is 67.7 Å². The van der Waals surface area contributed by atoms with Crippen LogP contribution in [0.1, 0.15) is 29.6 Å². The maximum atomic E-state index is 14.0. The average molecular weight is 477 g/mol. The van der Waals surface area contributed by atoms with Gasteiger partial charge in [0.25, 0.3) is 11.6 Å². The molecule has 0 aromatic heterocycles. The molecule has 2 aliphatic rings. The molecule has 0 radical (unpaired) electrons. The quantitative estimate of drug-likeness (QED) is 0.486. The number of rotatable bonds is 5. The molecule has 0 atom stereocenters. The summed E-state index contributed by atoms with van der Waals surface area (Å²) in [5.74, 6) is -1.22. The normalized spacial score (nSPS) is 17.7. The molecule has 2 aliphatic heterocycles. The second-order valence-electron chi connectivity index (χ2n) is 8.14. The van der Waals surface area contributed by atoms with Crippen LogP contribution >= 0.6 is 0 Å². The Kier molecular flexibility index (Phi) is 6.61. The van der Waals surface area contributed by atoms with Crippen LogP contribution in [0.15, 0.2) is 47.4 Å². The van der Waals surface area contributed by atoms with Gasteiger partial charge >= 0.3 is 0 Å². The van der Waals surface area contributed by atoms with E-state index in [9.17, 15) is 27.7 Å². The Balaban J connectivity index is 1.48. The van der Waals surface area contributed by atoms with Crippen molar-refractivity contribution >= 4 is 27.3 Å². The number of carbonyl (C=O) groups is 1. The van der Waals surface area contributed by atoms with Crippen molar-refractivity contribution in [3.63, 3.8) is 0 Å². The second kappa shape index (κ2) is 9.44. The number of piperidine rings is 1. The largest absolute Gasteiger partial charge is 0.366 e. The molecular weight excluding hydrogens is 451 g/mol. The molecule has 2 heterocycles. The van der Waals surface area contributed by atoms with E-state index in [1.54, 1.807) is 12.1 Å². The van der Waals surface area contributed by atoms with Gasteiger partial charge in [0.1, 0.15) is 16.4 Å². The molecular formula is C22H25FN4O5S. The number of hydrogen-bond donors (Lipinski definition) is 0. The highest BCUT2D eigenvalue weighted by molar-refractivity contribution is 7.89. The molecule has 11 heteroatoms. The Hall–Kier alpha value is -3.05. The summed E-state index contributed by atoms with van der Waals surface area (Å²) in [4.78, 5) is 27.3. The van der Waals surface area contributed by atoms with Crippen molar-refractivity contribution in [1.29, 1.82) is 0 Å². The number of anilines is 1. The minimum Gasteiger partial charge on any atom is -0.366 e. The van der Waals surface area contributed by atoms with Gasteiger partial charge in [-0.25, -0.2) is 12.8 Å². The third kappa shape index (κ3) is 4.69. The van der Waals surface area contributed by atoms with Gasteiger partial charge in [-0.2, -0.15) is 4.31 Å². The maximum Gasteiger partial charge on any atom is 0.293 e. The first-order valence-corrected chi connectivity index (χ1v) is 12.3. The van der Waals surface area contributed by atoms with Crippen LogP contribution in [0.2, 0.25) is 0 Å². The van der Waals surface area contributed by atoms with Crippen molar-refractivity contribution < 1.29 is 22.5 Å². The van der Waals surface area contributed by atoms with Crippen molar-refractivity contribution in [3.8, 4) is 0 Å². The fraction of sp³-hybridized carbons (Fsp3) is 0.409. The number of sulfonamides is 1. The number of halogens is 1. The zero-order chi connectivity index (χ0) is 23.6. The summed E-state index contributed by atoms with van der Waals surface area (Å²) >= 11 is 0. The Morgan fingerprint density at radius 2 is 1.61 bits per heavy atom. The first kappa shape index (κ1) is 23.1. The molecule has 0 N–H and O–H groups in total. The van der Waals surface area contributed by atoms with Crippen molar-refractivity contribution in [2.24, 2.45) is 0 Å². The maximum absolute atomic E-state index is 14.0. The molecule has 176 valence electrons. The lowest BCUT2D eigenvalue weighted by molar-refractivity contribution is -0.384. The average Bonchev–Trinajstić information content (AvgIpc) is 2.84. The number of amides is 1. The van der Waals surface area contributed by atoms with Crippen LogP contribution in [0.25, 0.3) is 0 Å². The van der Waals surface area contributed by atoms with Crippen LogP contribution < -0.4 is 4.90 Å². The number of piperazine rings is 1. The monoisotopic (exact) mass is 476 g/mol. The highest BCUT2D eigenvalue weighted by Gasteiger charge is 2.32. The van der Waals surface area contributed by atoms with Crippen molar-refractivity contribution in [2.45, 2.75) is 24.2 Å². The van der Waals surface area contributed by atoms with Crippen LogP contribution in [0.4, 0.5) is 15.8 Å². The molecule has 0 aliphatic carbocycles. The zero-order valence-corrected chi connectivity index (χ0v) is 18.8. The molecule has 1 amide bonds. The van der Waals surface area contributed by atoms with E-state index < -0.39 is 31.6 Å². The van der Waals surface area contributed by atoms with Gasteiger partial charge in [-0.15, -0.1) is 0 Å². The molecule has 2 saturated heterocycles. The minimum absolute atomic E-state index is 0.0103. The number of carbonyl (C=O) groups excluding carboxylic acids is 1. The molecule has 0 spiro atoms. The third-order valence-electron chi connectivity index (χ3n) is 6.10. The summed E-state index contributed by atoms with van der Waals surface area (Å²) in [5.41, 5.74) is 0.591. The Bertz CT molecular complexity index is 1160. The van der Waals surface area contributed by atoms with Crippen molar-refractivity contribution in [3.05, 3.63) is 64.0 Å². The topological polar surface area (TPSA) is 104 Å². The molecule has 2 aromatic rings. The van der Waals surface area contributed by atoms with Gasteiger partial charge in [0.05, 0.1) is 4.92 Å². The lowest BCUT2D eigenvalue weighted by Gasteiger charge is -2.34. The van der Waals surface area contributed by atoms with Gasteiger partial charge in [-0.05, 0) is 43.5 Å². The van der Waals surface area contributed by atoms with Crippen molar-refractivity contribution in [1.82, 2.24) is 9.21 Å². The fourth-order valence-corrected chi connectivity index (χ4v) is 5.80. The second-order valence-corrected chi connectivity index (χ2v) is 10.0. The molecule has 2 fully saturated rings. The molecule has 2 aromatic carbocycles. The van der Waals surface area contributed by atoms with Crippen LogP contribution in [0, 0.1) is 15.9 Å². The minimum atomic E-state index is -4.02. The SMILES string of the molecule is O=C(c1ccc(N2CCCCC2)c([N+](=O)[O-])c1)N1CCN(S(=O)(=O)c2ccccc2F)CC1. The van der Waals surface area contributed by atoms with E-state index in [0.717, 1.165) is 42.7 Å². The summed E-state index contributed by atoms with van der Waals surface area (Å²) in [7, 11) is -4.02. The molecule has 0 bridgehead atoms. The number of nitro groups is 1. The number of hydrogen-bond acceptors (Lipinski definition) is 6. The standard InChI is InChI=1S/C22H25FN4O5S/c23-18-6-2-3-7-21(18)33(31,32)26-14-12-25(13-15-26)22(28)17-8-9-19(20(16-17)27(29)30)24-10-4-1-5-11-24/h2-3,6-9,16H,1,4-5,10-15H2. The summed E-state index contributed by atoms with van der Waals surface area (Å²) in [6.07, 6.45) is 3.04. The highest BCUT2D eigenvalue weighted by Crippen LogP contribution is 2.32. The predicted octanol–water partition coefficient (Wildman–Crippen LogP) is 2.87. The van der Waals surface area contributed by atoms with Gasteiger partial charge in [-0.3, -0.25) is 14.9 Å². The lowest BCUT2D eigenvalue weighted by Crippen LogP contribution is -2.50. The van der Waals surface area contributed by atoms with Crippen molar-refractivity contribution in [2.75, 3.05) is 44.2 Å². The number of benzene rings is 2. The van der Waals surface area contributed by atoms with E-state index in [4.69, 9.17) is 0 Å². The van der Waals surface area contributed by atoms with E-state index in [2.05, 4.69) is 0 Å². The molecule has 9 nitrogen and oxygen atoms in total. The van der Waals surface area contributed by atoms with Crippen LogP contribution in [0.5, 0.6) is 0 Å². The fourth-order valence-electron chi connectivity index (χ4n) is 4.31.